The van der Waals surface area contributed by atoms with E-state index >= 15 is 0 Å². The van der Waals surface area contributed by atoms with Crippen molar-refractivity contribution in [2.75, 3.05) is 0 Å². The van der Waals surface area contributed by atoms with Gasteiger partial charge in [-0.15, -0.1) is 0 Å². The number of benzene rings is 5. The van der Waals surface area contributed by atoms with Gasteiger partial charge in [0, 0.05) is 11.1 Å². The predicted octanol–water partition coefficient (Wildman–Crippen LogP) is 7.29. The van der Waals surface area contributed by atoms with Crippen LogP contribution < -0.4 is 4.74 Å². The summed E-state index contributed by atoms with van der Waals surface area (Å²) in [6.45, 7) is 0. The lowest BCUT2D eigenvalue weighted by molar-refractivity contribution is 0.254. The van der Waals surface area contributed by atoms with Gasteiger partial charge in [0.25, 0.3) is 0 Å². The van der Waals surface area contributed by atoms with E-state index in [0.717, 1.165) is 5.75 Å². The Morgan fingerprint density at radius 2 is 1.32 bits per heavy atom. The van der Waals surface area contributed by atoms with Crippen LogP contribution in [0.2, 0.25) is 0 Å². The first-order valence-corrected chi connectivity index (χ1v) is 9.65. The first-order chi connectivity index (χ1) is 13.9. The zero-order chi connectivity index (χ0) is 18.5. The van der Waals surface area contributed by atoms with Gasteiger partial charge in [-0.25, -0.2) is 0 Å². The van der Waals surface area contributed by atoms with Crippen LogP contribution in [-0.2, 0) is 0 Å². The molecule has 0 aromatic heterocycles. The third-order valence-electron chi connectivity index (χ3n) is 5.71. The summed E-state index contributed by atoms with van der Waals surface area (Å²) in [6.07, 6.45) is 4.31. The van der Waals surface area contributed by atoms with E-state index in [0.29, 0.717) is 0 Å². The average molecular weight is 358 g/mol. The summed E-state index contributed by atoms with van der Waals surface area (Å²) in [7, 11) is 0. The Hall–Kier alpha value is -3.58. The monoisotopic (exact) mass is 358 g/mol. The number of ether oxygens (including phenoxy) is 1. The number of fused-ring (bicyclic) bond motifs is 5. The standard InChI is InChI=1S/C27H18O/c1-2-8-20-17-25-21(16-19(20)7-1)9-5-11-23(25)27-15-13-24-22-10-4-3-6-18(22)12-14-26(24)28-27/h1-17,27H. The highest BCUT2D eigenvalue weighted by molar-refractivity contribution is 6.00. The Bertz CT molecular complexity index is 1390. The van der Waals surface area contributed by atoms with E-state index in [9.17, 15) is 0 Å². The lowest BCUT2D eigenvalue weighted by Crippen LogP contribution is -2.09. The molecule has 132 valence electrons. The maximum absolute atomic E-state index is 6.46. The van der Waals surface area contributed by atoms with Crippen molar-refractivity contribution in [3.8, 4) is 5.75 Å². The molecule has 0 bridgehead atoms. The third kappa shape index (κ3) is 2.33. The molecule has 0 fully saturated rings. The molecule has 5 aromatic rings. The van der Waals surface area contributed by atoms with Crippen LogP contribution in [0.1, 0.15) is 17.2 Å². The van der Waals surface area contributed by atoms with E-state index < -0.39 is 0 Å². The zero-order valence-corrected chi connectivity index (χ0v) is 15.3. The maximum atomic E-state index is 6.46. The van der Waals surface area contributed by atoms with Gasteiger partial charge >= 0.3 is 0 Å². The van der Waals surface area contributed by atoms with E-state index in [1.807, 2.05) is 0 Å². The van der Waals surface area contributed by atoms with Gasteiger partial charge in [0.05, 0.1) is 0 Å². The summed E-state index contributed by atoms with van der Waals surface area (Å²) in [4.78, 5) is 0. The maximum Gasteiger partial charge on any atom is 0.143 e. The van der Waals surface area contributed by atoms with Crippen LogP contribution in [0.15, 0.2) is 97.1 Å². The Morgan fingerprint density at radius 1 is 0.571 bits per heavy atom. The summed E-state index contributed by atoms with van der Waals surface area (Å²) in [5, 5.41) is 7.50. The first kappa shape index (κ1) is 15.5. The van der Waals surface area contributed by atoms with Gasteiger partial charge in [-0.2, -0.15) is 0 Å². The van der Waals surface area contributed by atoms with Crippen LogP contribution >= 0.6 is 0 Å². The molecule has 1 nitrogen and oxygen atoms in total. The molecule has 6 rings (SSSR count). The third-order valence-corrected chi connectivity index (χ3v) is 5.71. The molecular formula is C27H18O. The molecule has 0 radical (unpaired) electrons. The van der Waals surface area contributed by atoms with Gasteiger partial charge in [-0.3, -0.25) is 0 Å². The number of rotatable bonds is 1. The molecule has 1 aliphatic heterocycles. The van der Waals surface area contributed by atoms with E-state index in [1.165, 1.54) is 43.4 Å². The quantitative estimate of drug-likeness (QED) is 0.286. The van der Waals surface area contributed by atoms with Crippen molar-refractivity contribution in [2.24, 2.45) is 0 Å². The SMILES string of the molecule is C1=CC(c2cccc3cc4ccccc4cc23)Oc2ccc3ccccc3c21. The smallest absolute Gasteiger partial charge is 0.143 e. The summed E-state index contributed by atoms with van der Waals surface area (Å²) in [5.74, 6) is 0.948. The normalized spacial score (nSPS) is 15.6. The molecule has 0 saturated heterocycles. The topological polar surface area (TPSA) is 9.23 Å². The summed E-state index contributed by atoms with van der Waals surface area (Å²) >= 11 is 0. The van der Waals surface area contributed by atoms with Crippen LogP contribution in [0.4, 0.5) is 0 Å². The summed E-state index contributed by atoms with van der Waals surface area (Å²) < 4.78 is 6.46. The van der Waals surface area contributed by atoms with Crippen molar-refractivity contribution in [1.82, 2.24) is 0 Å². The molecule has 1 aliphatic rings. The zero-order valence-electron chi connectivity index (χ0n) is 15.3. The molecule has 0 amide bonds. The molecule has 0 aliphatic carbocycles. The molecule has 5 aromatic carbocycles. The number of hydrogen-bond acceptors (Lipinski definition) is 1. The van der Waals surface area contributed by atoms with Gasteiger partial charge in [-0.05, 0) is 56.6 Å². The van der Waals surface area contributed by atoms with Gasteiger partial charge in [-0.1, -0.05) is 78.9 Å². The van der Waals surface area contributed by atoms with E-state index in [1.54, 1.807) is 0 Å². The van der Waals surface area contributed by atoms with Crippen LogP contribution in [0, 0.1) is 0 Å². The summed E-state index contributed by atoms with van der Waals surface area (Å²) in [6, 6.07) is 32.2. The lowest BCUT2D eigenvalue weighted by Gasteiger charge is -2.24. The van der Waals surface area contributed by atoms with Crippen molar-refractivity contribution in [3.63, 3.8) is 0 Å². The second-order valence-corrected chi connectivity index (χ2v) is 7.36. The highest BCUT2D eigenvalue weighted by atomic mass is 16.5. The summed E-state index contributed by atoms with van der Waals surface area (Å²) in [5.41, 5.74) is 2.37. The van der Waals surface area contributed by atoms with Crippen molar-refractivity contribution in [2.45, 2.75) is 6.10 Å². The van der Waals surface area contributed by atoms with Crippen molar-refractivity contribution >= 4 is 38.4 Å². The average Bonchev–Trinajstić information content (AvgIpc) is 2.76. The van der Waals surface area contributed by atoms with Gasteiger partial charge in [0.15, 0.2) is 0 Å². The van der Waals surface area contributed by atoms with Crippen molar-refractivity contribution < 1.29 is 4.74 Å². The van der Waals surface area contributed by atoms with Crippen LogP contribution in [-0.4, -0.2) is 0 Å². The minimum atomic E-state index is -0.0847. The fourth-order valence-corrected chi connectivity index (χ4v) is 4.32. The Labute approximate surface area is 163 Å². The molecule has 0 saturated carbocycles. The number of hydrogen-bond donors (Lipinski definition) is 0. The molecule has 1 atom stereocenters. The molecule has 0 N–H and O–H groups in total. The van der Waals surface area contributed by atoms with E-state index in [4.69, 9.17) is 4.74 Å². The van der Waals surface area contributed by atoms with Gasteiger partial charge < -0.3 is 4.74 Å². The minimum Gasteiger partial charge on any atom is -0.481 e. The predicted molar refractivity (Wildman–Crippen MR) is 118 cm³/mol. The second-order valence-electron chi connectivity index (χ2n) is 7.36. The fourth-order valence-electron chi connectivity index (χ4n) is 4.32. The molecular weight excluding hydrogens is 340 g/mol. The van der Waals surface area contributed by atoms with Gasteiger partial charge in [0.2, 0.25) is 0 Å². The van der Waals surface area contributed by atoms with Crippen LogP contribution in [0.3, 0.4) is 0 Å². The highest BCUT2D eigenvalue weighted by Crippen LogP contribution is 2.39. The van der Waals surface area contributed by atoms with E-state index in [-0.39, 0.29) is 6.10 Å². The van der Waals surface area contributed by atoms with Gasteiger partial charge in [0.1, 0.15) is 11.9 Å². The minimum absolute atomic E-state index is 0.0847. The largest absolute Gasteiger partial charge is 0.481 e. The highest BCUT2D eigenvalue weighted by Gasteiger charge is 2.20. The fraction of sp³-hybridized carbons (Fsp3) is 0.0370. The molecule has 1 heterocycles. The Kier molecular flexibility index (Phi) is 3.30. The van der Waals surface area contributed by atoms with Crippen molar-refractivity contribution in [1.29, 1.82) is 0 Å². The van der Waals surface area contributed by atoms with Crippen molar-refractivity contribution in [3.05, 3.63) is 108 Å². The van der Waals surface area contributed by atoms with Crippen LogP contribution in [0.25, 0.3) is 38.4 Å². The Morgan fingerprint density at radius 3 is 2.21 bits per heavy atom. The Balaban J connectivity index is 1.51. The van der Waals surface area contributed by atoms with Crippen LogP contribution in [0.5, 0.6) is 5.75 Å². The molecule has 1 unspecified atom stereocenters. The van der Waals surface area contributed by atoms with E-state index in [2.05, 4.69) is 103 Å². The lowest BCUT2D eigenvalue weighted by atomic mass is 9.94. The second kappa shape index (κ2) is 5.97. The molecule has 1 heteroatoms. The molecule has 0 spiro atoms. The molecule has 28 heavy (non-hydrogen) atoms. The first-order valence-electron chi connectivity index (χ1n) is 9.65.